The van der Waals surface area contributed by atoms with E-state index in [0.717, 1.165) is 19.1 Å². The number of carbonyl (C=O) groups excluding carboxylic acids is 2. The topological polar surface area (TPSA) is 64.6 Å². The first kappa shape index (κ1) is 17.8. The van der Waals surface area contributed by atoms with Crippen molar-refractivity contribution >= 4 is 28.1 Å². The highest BCUT2D eigenvalue weighted by molar-refractivity contribution is 9.10. The number of carbonyl (C=O) groups is 2. The maximum atomic E-state index is 12.0. The number of halogens is 1. The van der Waals surface area contributed by atoms with E-state index in [0.29, 0.717) is 28.1 Å². The molecule has 1 aromatic rings. The number of benzene rings is 1. The second kappa shape index (κ2) is 8.91. The standard InChI is InChI=1S/C17H22BrNO4/c1-2-22-15-9-12(10-20)8-14(18)17(15)23-11-16(21)19-13-6-4-3-5-7-13/h8-10,13H,2-7,11H2,1H3,(H,19,21). The Labute approximate surface area is 144 Å². The van der Waals surface area contributed by atoms with E-state index in [2.05, 4.69) is 21.2 Å². The van der Waals surface area contributed by atoms with Crippen LogP contribution in [0.4, 0.5) is 0 Å². The minimum atomic E-state index is -0.134. The molecular formula is C17H22BrNO4. The van der Waals surface area contributed by atoms with Crippen molar-refractivity contribution in [1.82, 2.24) is 5.32 Å². The molecule has 1 aliphatic rings. The zero-order valence-corrected chi connectivity index (χ0v) is 14.9. The minimum Gasteiger partial charge on any atom is -0.490 e. The summed E-state index contributed by atoms with van der Waals surface area (Å²) in [7, 11) is 0. The fourth-order valence-electron chi connectivity index (χ4n) is 2.71. The molecule has 1 amide bonds. The third-order valence-corrected chi connectivity index (χ3v) is 4.37. The fraction of sp³-hybridized carbons (Fsp3) is 0.529. The van der Waals surface area contributed by atoms with E-state index in [4.69, 9.17) is 9.47 Å². The lowest BCUT2D eigenvalue weighted by atomic mass is 9.95. The van der Waals surface area contributed by atoms with Gasteiger partial charge < -0.3 is 14.8 Å². The van der Waals surface area contributed by atoms with Crippen LogP contribution in [0.15, 0.2) is 16.6 Å². The molecule has 1 aromatic carbocycles. The van der Waals surface area contributed by atoms with Crippen molar-refractivity contribution in [3.63, 3.8) is 0 Å². The summed E-state index contributed by atoms with van der Waals surface area (Å²) in [4.78, 5) is 23.0. The molecule has 0 atom stereocenters. The number of nitrogens with one attached hydrogen (secondary N) is 1. The highest BCUT2D eigenvalue weighted by Gasteiger charge is 2.18. The molecule has 126 valence electrons. The molecule has 2 rings (SSSR count). The van der Waals surface area contributed by atoms with E-state index >= 15 is 0 Å². The molecule has 0 saturated heterocycles. The molecule has 1 aliphatic carbocycles. The smallest absolute Gasteiger partial charge is 0.258 e. The third-order valence-electron chi connectivity index (χ3n) is 3.79. The van der Waals surface area contributed by atoms with Crippen LogP contribution in [0.1, 0.15) is 49.4 Å². The lowest BCUT2D eigenvalue weighted by Crippen LogP contribution is -2.39. The lowest BCUT2D eigenvalue weighted by molar-refractivity contribution is -0.124. The fourth-order valence-corrected chi connectivity index (χ4v) is 3.29. The van der Waals surface area contributed by atoms with E-state index in [-0.39, 0.29) is 18.6 Å². The highest BCUT2D eigenvalue weighted by Crippen LogP contribution is 2.36. The van der Waals surface area contributed by atoms with Crippen LogP contribution in [0.25, 0.3) is 0 Å². The SMILES string of the molecule is CCOc1cc(C=O)cc(Br)c1OCC(=O)NC1CCCCC1. The van der Waals surface area contributed by atoms with Gasteiger partial charge in [-0.2, -0.15) is 0 Å². The second-order valence-corrected chi connectivity index (χ2v) is 6.43. The molecule has 0 heterocycles. The molecular weight excluding hydrogens is 362 g/mol. The van der Waals surface area contributed by atoms with Gasteiger partial charge in [-0.05, 0) is 47.8 Å². The lowest BCUT2D eigenvalue weighted by Gasteiger charge is -2.23. The molecule has 0 unspecified atom stereocenters. The van der Waals surface area contributed by atoms with Gasteiger partial charge in [0.2, 0.25) is 0 Å². The summed E-state index contributed by atoms with van der Waals surface area (Å²) in [6, 6.07) is 3.51. The number of hydrogen-bond acceptors (Lipinski definition) is 4. The van der Waals surface area contributed by atoms with Gasteiger partial charge in [-0.25, -0.2) is 0 Å². The molecule has 0 aromatic heterocycles. The van der Waals surface area contributed by atoms with Gasteiger partial charge in [-0.1, -0.05) is 19.3 Å². The number of ether oxygens (including phenoxy) is 2. The molecule has 23 heavy (non-hydrogen) atoms. The van der Waals surface area contributed by atoms with Crippen LogP contribution in [-0.2, 0) is 4.79 Å². The molecule has 0 spiro atoms. The van der Waals surface area contributed by atoms with Crippen molar-refractivity contribution in [2.75, 3.05) is 13.2 Å². The normalized spacial score (nSPS) is 15.0. The average molecular weight is 384 g/mol. The van der Waals surface area contributed by atoms with Gasteiger partial charge in [0.15, 0.2) is 18.1 Å². The van der Waals surface area contributed by atoms with Crippen LogP contribution in [-0.4, -0.2) is 31.4 Å². The zero-order valence-electron chi connectivity index (χ0n) is 13.3. The molecule has 0 bridgehead atoms. The van der Waals surface area contributed by atoms with Crippen molar-refractivity contribution < 1.29 is 19.1 Å². The van der Waals surface area contributed by atoms with Crippen LogP contribution < -0.4 is 14.8 Å². The molecule has 0 aliphatic heterocycles. The van der Waals surface area contributed by atoms with Gasteiger partial charge in [0.1, 0.15) is 6.29 Å². The Hall–Kier alpha value is -1.56. The van der Waals surface area contributed by atoms with Crippen LogP contribution in [0.5, 0.6) is 11.5 Å². The summed E-state index contributed by atoms with van der Waals surface area (Å²) in [5, 5.41) is 3.01. The first-order valence-electron chi connectivity index (χ1n) is 7.97. The Morgan fingerprint density at radius 2 is 2.04 bits per heavy atom. The Bertz CT molecular complexity index is 556. The zero-order chi connectivity index (χ0) is 16.7. The molecule has 0 radical (unpaired) electrons. The molecule has 5 nitrogen and oxygen atoms in total. The van der Waals surface area contributed by atoms with E-state index in [9.17, 15) is 9.59 Å². The first-order valence-corrected chi connectivity index (χ1v) is 8.77. The number of amides is 1. The van der Waals surface area contributed by atoms with E-state index in [1.165, 1.54) is 19.3 Å². The van der Waals surface area contributed by atoms with Crippen LogP contribution >= 0.6 is 15.9 Å². The van der Waals surface area contributed by atoms with E-state index < -0.39 is 0 Å². The predicted molar refractivity (Wildman–Crippen MR) is 91.2 cm³/mol. The van der Waals surface area contributed by atoms with Gasteiger partial charge in [-0.15, -0.1) is 0 Å². The molecule has 6 heteroatoms. The maximum Gasteiger partial charge on any atom is 0.258 e. The largest absolute Gasteiger partial charge is 0.490 e. The summed E-state index contributed by atoms with van der Waals surface area (Å²) in [5.74, 6) is 0.761. The third kappa shape index (κ3) is 5.23. The van der Waals surface area contributed by atoms with E-state index in [1.807, 2.05) is 6.92 Å². The highest BCUT2D eigenvalue weighted by atomic mass is 79.9. The monoisotopic (exact) mass is 383 g/mol. The summed E-state index contributed by atoms with van der Waals surface area (Å²) < 4.78 is 11.7. The van der Waals surface area contributed by atoms with Gasteiger partial charge >= 0.3 is 0 Å². The number of rotatable bonds is 7. The van der Waals surface area contributed by atoms with E-state index in [1.54, 1.807) is 12.1 Å². The predicted octanol–water partition coefficient (Wildman–Crippen LogP) is 3.49. The summed E-state index contributed by atoms with van der Waals surface area (Å²) >= 11 is 3.36. The Morgan fingerprint density at radius 1 is 1.30 bits per heavy atom. The first-order chi connectivity index (χ1) is 11.1. The second-order valence-electron chi connectivity index (χ2n) is 5.57. The minimum absolute atomic E-state index is 0.0738. The Kier molecular flexibility index (Phi) is 6.89. The summed E-state index contributed by atoms with van der Waals surface area (Å²) in [5.41, 5.74) is 0.485. The Balaban J connectivity index is 1.98. The number of aldehydes is 1. The van der Waals surface area contributed by atoms with Crippen molar-refractivity contribution in [3.05, 3.63) is 22.2 Å². The molecule has 1 N–H and O–H groups in total. The van der Waals surface area contributed by atoms with Gasteiger partial charge in [0.25, 0.3) is 5.91 Å². The van der Waals surface area contributed by atoms with Gasteiger partial charge in [0.05, 0.1) is 11.1 Å². The summed E-state index contributed by atoms with van der Waals surface area (Å²) in [6.45, 7) is 2.22. The summed E-state index contributed by atoms with van der Waals surface area (Å²) in [6.07, 6.45) is 6.39. The van der Waals surface area contributed by atoms with Crippen molar-refractivity contribution in [3.8, 4) is 11.5 Å². The van der Waals surface area contributed by atoms with Crippen LogP contribution in [0.2, 0.25) is 0 Å². The van der Waals surface area contributed by atoms with Gasteiger partial charge in [0, 0.05) is 11.6 Å². The van der Waals surface area contributed by atoms with Crippen LogP contribution in [0.3, 0.4) is 0 Å². The van der Waals surface area contributed by atoms with Crippen LogP contribution in [0, 0.1) is 0 Å². The molecule has 1 saturated carbocycles. The number of hydrogen-bond donors (Lipinski definition) is 1. The van der Waals surface area contributed by atoms with Crippen molar-refractivity contribution in [2.45, 2.75) is 45.1 Å². The quantitative estimate of drug-likeness (QED) is 0.731. The Morgan fingerprint density at radius 3 is 2.70 bits per heavy atom. The van der Waals surface area contributed by atoms with Crippen molar-refractivity contribution in [1.29, 1.82) is 0 Å². The molecule has 1 fully saturated rings. The van der Waals surface area contributed by atoms with Gasteiger partial charge in [-0.3, -0.25) is 9.59 Å². The average Bonchev–Trinajstić information content (AvgIpc) is 2.55. The van der Waals surface area contributed by atoms with Crippen molar-refractivity contribution in [2.24, 2.45) is 0 Å². The maximum absolute atomic E-state index is 12.0.